The number of fused-ring (bicyclic) bond motifs is 3. The monoisotopic (exact) mass is 409 g/mol. The van der Waals surface area contributed by atoms with Crippen molar-refractivity contribution >= 4 is 45.5 Å². The van der Waals surface area contributed by atoms with E-state index in [4.69, 9.17) is 23.8 Å². The van der Waals surface area contributed by atoms with Gasteiger partial charge in [0, 0.05) is 33.9 Å². The Morgan fingerprint density at radius 2 is 2.00 bits per heavy atom. The van der Waals surface area contributed by atoms with Crippen LogP contribution in [0.5, 0.6) is 0 Å². The lowest BCUT2D eigenvalue weighted by Crippen LogP contribution is -2.38. The number of hydrogen-bond acceptors (Lipinski definition) is 1. The third-order valence-electron chi connectivity index (χ3n) is 4.67. The van der Waals surface area contributed by atoms with Crippen LogP contribution >= 0.6 is 23.8 Å². The Balaban J connectivity index is 1.52. The van der Waals surface area contributed by atoms with Crippen LogP contribution in [0.3, 0.4) is 0 Å². The van der Waals surface area contributed by atoms with Crippen molar-refractivity contribution in [3.8, 4) is 0 Å². The molecule has 140 valence electrons. The second-order valence-corrected chi connectivity index (χ2v) is 7.28. The highest BCUT2D eigenvalue weighted by Gasteiger charge is 2.30. The fraction of sp³-hybridized carbons (Fsp3) is 0.211. The molecule has 0 spiro atoms. The van der Waals surface area contributed by atoms with Gasteiger partial charge < -0.3 is 15.2 Å². The first-order chi connectivity index (χ1) is 12.8. The number of nitrogens with one attached hydrogen (secondary N) is 2. The van der Waals surface area contributed by atoms with Crippen LogP contribution in [0, 0.1) is 0 Å². The molecule has 0 radical (unpaired) electrons. The molecule has 8 heteroatoms. The molecule has 0 atom stereocenters. The molecule has 0 unspecified atom stereocenters. The number of hydrogen-bond donors (Lipinski definition) is 2. The number of aromatic amines is 1. The van der Waals surface area contributed by atoms with Gasteiger partial charge in [-0.25, -0.2) is 0 Å². The van der Waals surface area contributed by atoms with Crippen molar-refractivity contribution in [3.63, 3.8) is 0 Å². The smallest absolute Gasteiger partial charge is 0.357 e. The minimum Gasteiger partial charge on any atom is -0.357 e. The lowest BCUT2D eigenvalue weighted by atomic mass is 10.0. The van der Waals surface area contributed by atoms with Crippen LogP contribution in [0.2, 0.25) is 5.02 Å². The first-order valence-corrected chi connectivity index (χ1v) is 9.12. The first kappa shape index (κ1) is 18.1. The summed E-state index contributed by atoms with van der Waals surface area (Å²) in [5.74, 6) is 0. The normalized spacial score (nSPS) is 14.3. The Morgan fingerprint density at radius 1 is 1.19 bits per heavy atom. The lowest BCUT2D eigenvalue weighted by molar-refractivity contribution is -0.137. The average molecular weight is 410 g/mol. The zero-order valence-electron chi connectivity index (χ0n) is 14.0. The summed E-state index contributed by atoms with van der Waals surface area (Å²) in [6, 6.07) is 10.8. The Labute approximate surface area is 164 Å². The van der Waals surface area contributed by atoms with E-state index in [1.165, 1.54) is 11.6 Å². The van der Waals surface area contributed by atoms with Gasteiger partial charge in [0.15, 0.2) is 5.11 Å². The summed E-state index contributed by atoms with van der Waals surface area (Å²) in [5.41, 5.74) is 2.90. The molecule has 2 N–H and O–H groups in total. The fourth-order valence-corrected chi connectivity index (χ4v) is 3.81. The van der Waals surface area contributed by atoms with Crippen LogP contribution in [0.25, 0.3) is 10.9 Å². The Hall–Kier alpha value is -2.25. The van der Waals surface area contributed by atoms with Crippen molar-refractivity contribution < 1.29 is 13.2 Å². The third kappa shape index (κ3) is 3.61. The molecular formula is C19H15ClF3N3S. The van der Waals surface area contributed by atoms with Crippen molar-refractivity contribution in [1.29, 1.82) is 0 Å². The number of nitrogens with zero attached hydrogens (tertiary/aromatic N) is 1. The van der Waals surface area contributed by atoms with E-state index in [0.717, 1.165) is 35.2 Å². The zero-order chi connectivity index (χ0) is 19.2. The molecule has 0 saturated carbocycles. The average Bonchev–Trinajstić information content (AvgIpc) is 2.98. The van der Waals surface area contributed by atoms with Crippen LogP contribution in [-0.2, 0) is 19.1 Å². The number of thiocarbonyl (C=S) groups is 1. The van der Waals surface area contributed by atoms with Gasteiger partial charge in [0.1, 0.15) is 0 Å². The quantitative estimate of drug-likeness (QED) is 0.513. The molecule has 4 rings (SSSR count). The van der Waals surface area contributed by atoms with Crippen molar-refractivity contribution in [2.24, 2.45) is 0 Å². The van der Waals surface area contributed by atoms with Gasteiger partial charge >= 0.3 is 6.18 Å². The van der Waals surface area contributed by atoms with Crippen LogP contribution in [0.1, 0.15) is 16.8 Å². The number of aromatic nitrogens is 1. The predicted octanol–water partition coefficient (Wildman–Crippen LogP) is 5.60. The molecule has 1 aliphatic heterocycles. The number of rotatable bonds is 1. The topological polar surface area (TPSA) is 31.1 Å². The van der Waals surface area contributed by atoms with Gasteiger partial charge in [0.05, 0.1) is 12.1 Å². The van der Waals surface area contributed by atoms with Gasteiger partial charge in [-0.2, -0.15) is 13.2 Å². The summed E-state index contributed by atoms with van der Waals surface area (Å²) in [4.78, 5) is 5.32. The molecule has 0 aliphatic carbocycles. The van der Waals surface area contributed by atoms with Crippen molar-refractivity contribution in [1.82, 2.24) is 9.88 Å². The number of H-pyrrole nitrogens is 1. The summed E-state index contributed by atoms with van der Waals surface area (Å²) < 4.78 is 38.6. The molecular weight excluding hydrogens is 395 g/mol. The highest BCUT2D eigenvalue weighted by molar-refractivity contribution is 7.80. The molecule has 27 heavy (non-hydrogen) atoms. The number of benzene rings is 2. The van der Waals surface area contributed by atoms with Gasteiger partial charge in [-0.15, -0.1) is 0 Å². The number of anilines is 1. The van der Waals surface area contributed by atoms with E-state index in [-0.39, 0.29) is 0 Å². The highest BCUT2D eigenvalue weighted by atomic mass is 35.5. The van der Waals surface area contributed by atoms with Gasteiger partial charge in [-0.05, 0) is 60.6 Å². The van der Waals surface area contributed by atoms with E-state index < -0.39 is 11.7 Å². The first-order valence-electron chi connectivity index (χ1n) is 8.33. The molecule has 2 heterocycles. The van der Waals surface area contributed by atoms with E-state index in [1.54, 1.807) is 6.07 Å². The Morgan fingerprint density at radius 3 is 2.78 bits per heavy atom. The maximum Gasteiger partial charge on any atom is 0.416 e. The number of alkyl halides is 3. The third-order valence-corrected chi connectivity index (χ3v) is 5.26. The molecule has 3 aromatic rings. The van der Waals surface area contributed by atoms with Crippen LogP contribution in [0.15, 0.2) is 42.5 Å². The summed E-state index contributed by atoms with van der Waals surface area (Å²) in [5, 5.41) is 5.11. The SMILES string of the molecule is FC(F)(F)c1cccc(NC(=S)N2CCc3c([nH]c4ccc(Cl)cc34)C2)c1. The standard InChI is InChI=1S/C19H15ClF3N3S/c20-12-4-5-16-15(9-12)14-6-7-26(10-17(14)25-16)18(27)24-13-3-1-2-11(8-13)19(21,22)23/h1-5,8-9,25H,6-7,10H2,(H,24,27). The van der Waals surface area contributed by atoms with Crippen molar-refractivity contribution in [2.45, 2.75) is 19.1 Å². The van der Waals surface area contributed by atoms with Gasteiger partial charge in [-0.1, -0.05) is 17.7 Å². The molecule has 0 bridgehead atoms. The van der Waals surface area contributed by atoms with E-state index in [0.29, 0.717) is 28.9 Å². The number of halogens is 4. The van der Waals surface area contributed by atoms with Crippen LogP contribution < -0.4 is 5.32 Å². The highest BCUT2D eigenvalue weighted by Crippen LogP contribution is 2.32. The maximum absolute atomic E-state index is 12.9. The van der Waals surface area contributed by atoms with E-state index in [9.17, 15) is 13.2 Å². The molecule has 0 saturated heterocycles. The molecule has 1 aromatic heterocycles. The largest absolute Gasteiger partial charge is 0.416 e. The van der Waals surface area contributed by atoms with Crippen LogP contribution in [-0.4, -0.2) is 21.5 Å². The zero-order valence-corrected chi connectivity index (χ0v) is 15.6. The fourth-order valence-electron chi connectivity index (χ4n) is 3.36. The summed E-state index contributed by atoms with van der Waals surface area (Å²) in [6.45, 7) is 1.24. The van der Waals surface area contributed by atoms with Gasteiger partial charge in [-0.3, -0.25) is 0 Å². The van der Waals surface area contributed by atoms with E-state index in [2.05, 4.69) is 10.3 Å². The van der Waals surface area contributed by atoms with Gasteiger partial charge in [0.2, 0.25) is 0 Å². The molecule has 0 fully saturated rings. The minimum atomic E-state index is -4.38. The minimum absolute atomic E-state index is 0.323. The van der Waals surface area contributed by atoms with Crippen molar-refractivity contribution in [2.75, 3.05) is 11.9 Å². The lowest BCUT2D eigenvalue weighted by Gasteiger charge is -2.29. The van der Waals surface area contributed by atoms with Crippen LogP contribution in [0.4, 0.5) is 18.9 Å². The Bertz CT molecular complexity index is 1030. The molecule has 1 aliphatic rings. The molecule has 0 amide bonds. The molecule has 3 nitrogen and oxygen atoms in total. The predicted molar refractivity (Wildman–Crippen MR) is 105 cm³/mol. The van der Waals surface area contributed by atoms with Crippen molar-refractivity contribution in [3.05, 3.63) is 64.3 Å². The Kier molecular flexibility index (Phi) is 4.52. The second kappa shape index (κ2) is 6.73. The summed E-state index contributed by atoms with van der Waals surface area (Å²) in [6.07, 6.45) is -3.61. The van der Waals surface area contributed by atoms with Gasteiger partial charge in [0.25, 0.3) is 0 Å². The van der Waals surface area contributed by atoms with E-state index in [1.807, 2.05) is 23.1 Å². The molecule has 2 aromatic carbocycles. The summed E-state index contributed by atoms with van der Waals surface area (Å²) >= 11 is 11.5. The maximum atomic E-state index is 12.9. The summed E-state index contributed by atoms with van der Waals surface area (Å²) in [7, 11) is 0. The second-order valence-electron chi connectivity index (χ2n) is 6.45. The van der Waals surface area contributed by atoms with E-state index >= 15 is 0 Å².